The number of hydrogen-bond acceptors (Lipinski definition) is 7. The van der Waals surface area contributed by atoms with E-state index in [1.54, 1.807) is 30.3 Å². The molecule has 0 saturated heterocycles. The van der Waals surface area contributed by atoms with Crippen molar-refractivity contribution < 1.29 is 34.3 Å². The van der Waals surface area contributed by atoms with Gasteiger partial charge >= 0.3 is 0 Å². The first-order valence-corrected chi connectivity index (χ1v) is 13.1. The van der Waals surface area contributed by atoms with Crippen LogP contribution in [0.1, 0.15) is 71.6 Å². The van der Waals surface area contributed by atoms with Gasteiger partial charge in [-0.25, -0.2) is 0 Å². The average Bonchev–Trinajstić information content (AvgIpc) is 2.87. The molecule has 7 heteroatoms. The molecule has 0 aromatic heterocycles. The molecule has 3 N–H and O–H groups in total. The Labute approximate surface area is 225 Å². The van der Waals surface area contributed by atoms with Crippen molar-refractivity contribution in [3.8, 4) is 34.5 Å². The normalized spacial score (nSPS) is 26.8. The molecule has 3 aromatic rings. The zero-order valence-electron chi connectivity index (χ0n) is 21.8. The van der Waals surface area contributed by atoms with Crippen LogP contribution in [0.3, 0.4) is 0 Å². The van der Waals surface area contributed by atoms with Crippen LogP contribution in [0.4, 0.5) is 0 Å². The predicted octanol–water partition coefficient (Wildman–Crippen LogP) is 6.27. The van der Waals surface area contributed by atoms with E-state index in [2.05, 4.69) is 13.0 Å². The molecule has 198 valence electrons. The Hall–Kier alpha value is -4.39. The van der Waals surface area contributed by atoms with E-state index < -0.39 is 11.4 Å². The van der Waals surface area contributed by atoms with Crippen LogP contribution in [-0.2, 0) is 5.79 Å². The number of allylic oxidation sites excluding steroid dienone is 2. The summed E-state index contributed by atoms with van der Waals surface area (Å²) < 4.78 is 20.1. The van der Waals surface area contributed by atoms with Crippen LogP contribution in [-0.4, -0.2) is 27.2 Å². The summed E-state index contributed by atoms with van der Waals surface area (Å²) >= 11 is 0. The SMILES string of the molecule is CC1=C[C@H]2c3c(O)cc(C=O)cc3O[C@@]3(c4ccc(O)c5c4OC(C)(C)C=C5)Oc4cc(O)ccc4[C@H](C1)[C@@H]23. The minimum absolute atomic E-state index is 0.0116. The van der Waals surface area contributed by atoms with Gasteiger partial charge < -0.3 is 29.5 Å². The highest BCUT2D eigenvalue weighted by atomic mass is 16.7. The quantitative estimate of drug-likeness (QED) is 0.268. The number of fused-ring (bicyclic) bond motifs is 5. The number of ether oxygens (including phenoxy) is 3. The third-order valence-corrected chi connectivity index (χ3v) is 8.36. The molecule has 3 aliphatic heterocycles. The Morgan fingerprint density at radius 2 is 1.74 bits per heavy atom. The summed E-state index contributed by atoms with van der Waals surface area (Å²) in [6, 6.07) is 11.6. The van der Waals surface area contributed by atoms with Crippen molar-refractivity contribution in [1.82, 2.24) is 0 Å². The minimum Gasteiger partial charge on any atom is -0.508 e. The van der Waals surface area contributed by atoms with E-state index in [1.165, 1.54) is 6.07 Å². The lowest BCUT2D eigenvalue weighted by Gasteiger charge is -2.55. The topological polar surface area (TPSA) is 105 Å². The molecule has 4 aliphatic rings. The third-order valence-electron chi connectivity index (χ3n) is 8.36. The van der Waals surface area contributed by atoms with Crippen molar-refractivity contribution in [1.29, 1.82) is 0 Å². The Morgan fingerprint density at radius 1 is 0.949 bits per heavy atom. The van der Waals surface area contributed by atoms with Gasteiger partial charge in [-0.3, -0.25) is 4.79 Å². The van der Waals surface area contributed by atoms with Crippen molar-refractivity contribution in [2.45, 2.75) is 50.4 Å². The fourth-order valence-electron chi connectivity index (χ4n) is 6.80. The summed E-state index contributed by atoms with van der Waals surface area (Å²) in [5, 5.41) is 32.3. The molecule has 3 heterocycles. The first-order valence-electron chi connectivity index (χ1n) is 13.1. The van der Waals surface area contributed by atoms with Crippen molar-refractivity contribution in [2.24, 2.45) is 5.92 Å². The number of carbonyl (C=O) groups is 1. The van der Waals surface area contributed by atoms with Crippen LogP contribution in [0.5, 0.6) is 34.5 Å². The van der Waals surface area contributed by atoms with Gasteiger partial charge in [0, 0.05) is 29.0 Å². The zero-order chi connectivity index (χ0) is 27.3. The number of hydrogen-bond donors (Lipinski definition) is 3. The van der Waals surface area contributed by atoms with Crippen molar-refractivity contribution in [3.63, 3.8) is 0 Å². The Bertz CT molecular complexity index is 1630. The Kier molecular flexibility index (Phi) is 4.75. The standard InChI is InChI=1S/C32H28O7/c1-16-10-21-19-5-4-18(34)14-26(19)37-32(23-6-7-24(35)20-8-9-31(2,3)39-30(20)23)29(21)22(11-16)28-25(36)12-17(15-33)13-27(28)38-32/h4-9,11-15,21-22,29,34-36H,10H2,1-3H3/t21-,22-,29-,32+/m0/s1. The number of phenolic OH excluding ortho intramolecular Hbond substituents is 3. The monoisotopic (exact) mass is 524 g/mol. The molecular formula is C32H28O7. The summed E-state index contributed by atoms with van der Waals surface area (Å²) in [6.45, 7) is 5.92. The Morgan fingerprint density at radius 3 is 2.54 bits per heavy atom. The van der Waals surface area contributed by atoms with Crippen LogP contribution >= 0.6 is 0 Å². The number of phenols is 3. The highest BCUT2D eigenvalue weighted by molar-refractivity contribution is 5.78. The molecule has 1 aliphatic carbocycles. The second-order valence-electron chi connectivity index (χ2n) is 11.5. The van der Waals surface area contributed by atoms with E-state index in [9.17, 15) is 20.1 Å². The van der Waals surface area contributed by atoms with Gasteiger partial charge in [-0.15, -0.1) is 0 Å². The van der Waals surface area contributed by atoms with E-state index in [1.807, 2.05) is 32.1 Å². The van der Waals surface area contributed by atoms with Gasteiger partial charge in [-0.1, -0.05) is 17.7 Å². The summed E-state index contributed by atoms with van der Waals surface area (Å²) in [5.41, 5.74) is 3.40. The maximum absolute atomic E-state index is 11.8. The van der Waals surface area contributed by atoms with Crippen LogP contribution in [0.2, 0.25) is 0 Å². The molecular weight excluding hydrogens is 496 g/mol. The van der Waals surface area contributed by atoms with E-state index in [4.69, 9.17) is 14.2 Å². The van der Waals surface area contributed by atoms with Gasteiger partial charge in [0.2, 0.25) is 0 Å². The minimum atomic E-state index is -1.46. The third kappa shape index (κ3) is 3.32. The lowest BCUT2D eigenvalue weighted by atomic mass is 9.61. The van der Waals surface area contributed by atoms with Gasteiger partial charge in [0.15, 0.2) is 0 Å². The molecule has 0 unspecified atom stereocenters. The summed E-state index contributed by atoms with van der Waals surface area (Å²) in [4.78, 5) is 11.8. The molecule has 0 radical (unpaired) electrons. The van der Waals surface area contributed by atoms with E-state index in [0.717, 1.165) is 17.6 Å². The van der Waals surface area contributed by atoms with Gasteiger partial charge in [0.25, 0.3) is 5.79 Å². The molecule has 39 heavy (non-hydrogen) atoms. The molecule has 7 nitrogen and oxygen atoms in total. The molecule has 0 bridgehead atoms. The van der Waals surface area contributed by atoms with Gasteiger partial charge in [0.1, 0.15) is 46.4 Å². The largest absolute Gasteiger partial charge is 0.508 e. The Balaban J connectivity index is 1.57. The van der Waals surface area contributed by atoms with E-state index >= 15 is 0 Å². The molecule has 0 saturated carbocycles. The number of carbonyl (C=O) groups excluding carboxylic acids is 1. The predicted molar refractivity (Wildman–Crippen MR) is 144 cm³/mol. The average molecular weight is 525 g/mol. The van der Waals surface area contributed by atoms with Crippen molar-refractivity contribution in [3.05, 3.63) is 88.0 Å². The number of rotatable bonds is 2. The fourth-order valence-corrected chi connectivity index (χ4v) is 6.80. The van der Waals surface area contributed by atoms with Crippen LogP contribution in [0.25, 0.3) is 6.08 Å². The first kappa shape index (κ1) is 23.7. The second-order valence-corrected chi connectivity index (χ2v) is 11.5. The van der Waals surface area contributed by atoms with Gasteiger partial charge in [-0.2, -0.15) is 0 Å². The van der Waals surface area contributed by atoms with E-state index in [0.29, 0.717) is 40.2 Å². The molecule has 0 amide bonds. The van der Waals surface area contributed by atoms with Crippen LogP contribution in [0, 0.1) is 5.92 Å². The smallest absolute Gasteiger partial charge is 0.285 e. The van der Waals surface area contributed by atoms with Crippen molar-refractivity contribution >= 4 is 12.4 Å². The summed E-state index contributed by atoms with van der Waals surface area (Å²) in [7, 11) is 0. The van der Waals surface area contributed by atoms with E-state index in [-0.39, 0.29) is 40.6 Å². The second kappa shape index (κ2) is 7.82. The number of aromatic hydroxyl groups is 3. The lowest BCUT2D eigenvalue weighted by molar-refractivity contribution is -0.198. The van der Waals surface area contributed by atoms with Crippen LogP contribution in [0.15, 0.2) is 60.2 Å². The molecule has 0 fully saturated rings. The maximum Gasteiger partial charge on any atom is 0.285 e. The fraction of sp³-hybridized carbons (Fsp3) is 0.281. The summed E-state index contributed by atoms with van der Waals surface area (Å²) in [5.74, 6) is -0.835. The molecule has 7 rings (SSSR count). The molecule has 4 atom stereocenters. The van der Waals surface area contributed by atoms with Gasteiger partial charge in [0.05, 0.1) is 17.0 Å². The molecule has 0 spiro atoms. The zero-order valence-corrected chi connectivity index (χ0v) is 21.8. The van der Waals surface area contributed by atoms with Gasteiger partial charge in [-0.05, 0) is 75.2 Å². The first-order chi connectivity index (χ1) is 18.6. The van der Waals surface area contributed by atoms with Crippen LogP contribution < -0.4 is 14.2 Å². The maximum atomic E-state index is 11.8. The highest BCUT2D eigenvalue weighted by Gasteiger charge is 2.62. The lowest BCUT2D eigenvalue weighted by Crippen LogP contribution is -2.56. The molecule has 3 aromatic carbocycles. The number of aldehydes is 1. The highest BCUT2D eigenvalue weighted by Crippen LogP contribution is 2.65. The van der Waals surface area contributed by atoms with Crippen molar-refractivity contribution in [2.75, 3.05) is 0 Å². The summed E-state index contributed by atoms with van der Waals surface area (Å²) in [6.07, 6.45) is 7.26. The number of benzene rings is 3.